The van der Waals surface area contributed by atoms with Crippen LogP contribution in [0.3, 0.4) is 0 Å². The average Bonchev–Trinajstić information content (AvgIpc) is 2.89. The maximum atomic E-state index is 12.1. The molecule has 7 heteroatoms. The van der Waals surface area contributed by atoms with Gasteiger partial charge in [-0.3, -0.25) is 14.5 Å². The highest BCUT2D eigenvalue weighted by atomic mass is 32.1. The molecule has 1 N–H and O–H groups in total. The van der Waals surface area contributed by atoms with Gasteiger partial charge < -0.3 is 10.2 Å². The first-order chi connectivity index (χ1) is 10.6. The number of aromatic nitrogens is 1. The number of fused-ring (bicyclic) bond motifs is 1. The molecule has 1 aromatic heterocycles. The van der Waals surface area contributed by atoms with Crippen molar-refractivity contribution in [2.24, 2.45) is 5.92 Å². The van der Waals surface area contributed by atoms with Gasteiger partial charge in [-0.1, -0.05) is 6.92 Å². The van der Waals surface area contributed by atoms with E-state index in [0.29, 0.717) is 25.6 Å². The normalized spacial score (nSPS) is 22.2. The van der Waals surface area contributed by atoms with Crippen molar-refractivity contribution in [3.8, 4) is 0 Å². The lowest BCUT2D eigenvalue weighted by atomic mass is 9.93. The van der Waals surface area contributed by atoms with Crippen LogP contribution in [-0.4, -0.2) is 59.8 Å². The van der Waals surface area contributed by atoms with Gasteiger partial charge in [0.25, 0.3) is 0 Å². The minimum absolute atomic E-state index is 0.0151. The monoisotopic (exact) mass is 322 g/mol. The molecule has 1 atom stereocenters. The first kappa shape index (κ1) is 15.4. The highest BCUT2D eigenvalue weighted by Crippen LogP contribution is 2.32. The molecule has 0 unspecified atom stereocenters. The smallest absolute Gasteiger partial charge is 0.240 e. The van der Waals surface area contributed by atoms with Gasteiger partial charge in [-0.2, -0.15) is 0 Å². The molecule has 0 spiro atoms. The second-order valence-corrected chi connectivity index (χ2v) is 7.29. The third-order valence-corrected chi connectivity index (χ3v) is 5.39. The summed E-state index contributed by atoms with van der Waals surface area (Å²) in [6.45, 7) is 5.52. The third kappa shape index (κ3) is 3.64. The molecular formula is C15H22N4O2S. The minimum Gasteiger partial charge on any atom is -0.343 e. The Balaban J connectivity index is 1.51. The Bertz CT molecular complexity index is 552. The van der Waals surface area contributed by atoms with E-state index in [2.05, 4.69) is 22.1 Å². The van der Waals surface area contributed by atoms with E-state index in [0.717, 1.165) is 43.2 Å². The molecule has 1 aliphatic heterocycles. The number of hydrogen-bond donors (Lipinski definition) is 1. The van der Waals surface area contributed by atoms with Crippen molar-refractivity contribution >= 4 is 28.8 Å². The Labute approximate surface area is 134 Å². The first-order valence-electron chi connectivity index (χ1n) is 7.84. The zero-order valence-corrected chi connectivity index (χ0v) is 13.7. The number of anilines is 1. The van der Waals surface area contributed by atoms with Crippen LogP contribution in [0.5, 0.6) is 0 Å². The van der Waals surface area contributed by atoms with Crippen LogP contribution in [0.25, 0.3) is 0 Å². The van der Waals surface area contributed by atoms with E-state index in [1.54, 1.807) is 16.2 Å². The van der Waals surface area contributed by atoms with Gasteiger partial charge in [-0.05, 0) is 25.2 Å². The molecule has 2 amide bonds. The summed E-state index contributed by atoms with van der Waals surface area (Å²) in [6.07, 6.45) is 4.16. The van der Waals surface area contributed by atoms with E-state index in [1.807, 2.05) is 0 Å². The van der Waals surface area contributed by atoms with Crippen LogP contribution in [-0.2, 0) is 22.4 Å². The lowest BCUT2D eigenvalue weighted by Gasteiger charge is -2.31. The summed E-state index contributed by atoms with van der Waals surface area (Å²) in [5.41, 5.74) is 1.16. The van der Waals surface area contributed by atoms with E-state index in [-0.39, 0.29) is 5.91 Å². The second-order valence-electron chi connectivity index (χ2n) is 6.20. The van der Waals surface area contributed by atoms with E-state index < -0.39 is 0 Å². The fraction of sp³-hybridized carbons (Fsp3) is 0.667. The van der Waals surface area contributed by atoms with Gasteiger partial charge in [0, 0.05) is 31.1 Å². The van der Waals surface area contributed by atoms with Crippen LogP contribution in [0, 0.1) is 5.92 Å². The molecule has 0 saturated carbocycles. The molecule has 2 aliphatic rings. The standard InChI is InChI=1S/C15H22N4O2S/c1-11-2-3-12-13(8-11)22-15(16-12)17-14(21)9-18-4-6-19(10-20)7-5-18/h10-11H,2-9H2,1H3,(H,16,17,21)/t11-/m0/s1. The fourth-order valence-electron chi connectivity index (χ4n) is 2.98. The number of amides is 2. The van der Waals surface area contributed by atoms with E-state index in [1.165, 1.54) is 11.3 Å². The fourth-order valence-corrected chi connectivity index (χ4v) is 4.17. The van der Waals surface area contributed by atoms with Crippen molar-refractivity contribution in [3.05, 3.63) is 10.6 Å². The topological polar surface area (TPSA) is 65.5 Å². The molecule has 1 aromatic rings. The summed E-state index contributed by atoms with van der Waals surface area (Å²) in [5, 5.41) is 3.66. The minimum atomic E-state index is -0.0151. The van der Waals surface area contributed by atoms with Crippen LogP contribution in [0.15, 0.2) is 0 Å². The van der Waals surface area contributed by atoms with Gasteiger partial charge in [-0.15, -0.1) is 11.3 Å². The zero-order valence-electron chi connectivity index (χ0n) is 12.9. The number of thiazole rings is 1. The highest BCUT2D eigenvalue weighted by molar-refractivity contribution is 7.15. The van der Waals surface area contributed by atoms with Crippen LogP contribution >= 0.6 is 11.3 Å². The van der Waals surface area contributed by atoms with Crippen molar-refractivity contribution < 1.29 is 9.59 Å². The van der Waals surface area contributed by atoms with Crippen LogP contribution in [0.4, 0.5) is 5.13 Å². The molecule has 22 heavy (non-hydrogen) atoms. The molecule has 3 rings (SSSR count). The summed E-state index contributed by atoms with van der Waals surface area (Å²) < 4.78 is 0. The second kappa shape index (κ2) is 6.75. The lowest BCUT2D eigenvalue weighted by Crippen LogP contribution is -2.48. The van der Waals surface area contributed by atoms with Crippen molar-refractivity contribution in [2.75, 3.05) is 38.0 Å². The van der Waals surface area contributed by atoms with E-state index in [9.17, 15) is 9.59 Å². The summed E-state index contributed by atoms with van der Waals surface area (Å²) in [4.78, 5) is 32.5. The van der Waals surface area contributed by atoms with Crippen LogP contribution < -0.4 is 5.32 Å². The number of hydrogen-bond acceptors (Lipinski definition) is 5. The molecule has 1 fully saturated rings. The van der Waals surface area contributed by atoms with Gasteiger partial charge >= 0.3 is 0 Å². The van der Waals surface area contributed by atoms with Crippen molar-refractivity contribution in [1.29, 1.82) is 0 Å². The molecule has 0 radical (unpaired) electrons. The van der Waals surface area contributed by atoms with Gasteiger partial charge in [0.1, 0.15) is 0 Å². The number of nitrogens with zero attached hydrogens (tertiary/aromatic N) is 3. The molecule has 2 heterocycles. The van der Waals surface area contributed by atoms with Gasteiger partial charge in [0.05, 0.1) is 12.2 Å². The number of carbonyl (C=O) groups excluding carboxylic acids is 2. The third-order valence-electron chi connectivity index (χ3n) is 4.36. The average molecular weight is 322 g/mol. The van der Waals surface area contributed by atoms with Crippen molar-refractivity contribution in [3.63, 3.8) is 0 Å². The number of nitrogens with one attached hydrogen (secondary N) is 1. The Hall–Kier alpha value is -1.47. The van der Waals surface area contributed by atoms with Crippen molar-refractivity contribution in [1.82, 2.24) is 14.8 Å². The van der Waals surface area contributed by atoms with Crippen molar-refractivity contribution in [2.45, 2.75) is 26.2 Å². The lowest BCUT2D eigenvalue weighted by molar-refractivity contribution is -0.120. The van der Waals surface area contributed by atoms with Crippen LogP contribution in [0.1, 0.15) is 23.9 Å². The molecule has 120 valence electrons. The summed E-state index contributed by atoms with van der Waals surface area (Å²) in [6, 6.07) is 0. The molecule has 0 aromatic carbocycles. The molecule has 6 nitrogen and oxygen atoms in total. The number of piperazine rings is 1. The largest absolute Gasteiger partial charge is 0.343 e. The zero-order chi connectivity index (χ0) is 15.5. The van der Waals surface area contributed by atoms with Crippen LogP contribution in [0.2, 0.25) is 0 Å². The summed E-state index contributed by atoms with van der Waals surface area (Å²) in [7, 11) is 0. The predicted molar refractivity (Wildman–Crippen MR) is 86.0 cm³/mol. The number of aryl methyl sites for hydroxylation is 1. The molecule has 1 saturated heterocycles. The SMILES string of the molecule is C[C@H]1CCc2nc(NC(=O)CN3CCN(C=O)CC3)sc2C1. The first-order valence-corrected chi connectivity index (χ1v) is 8.66. The van der Waals surface area contributed by atoms with Gasteiger partial charge in [-0.25, -0.2) is 4.98 Å². The quantitative estimate of drug-likeness (QED) is 0.839. The van der Waals surface area contributed by atoms with E-state index >= 15 is 0 Å². The molecular weight excluding hydrogens is 300 g/mol. The number of rotatable bonds is 4. The molecule has 1 aliphatic carbocycles. The maximum Gasteiger partial charge on any atom is 0.240 e. The van der Waals surface area contributed by atoms with Gasteiger partial charge in [0.15, 0.2) is 5.13 Å². The summed E-state index contributed by atoms with van der Waals surface area (Å²) in [5.74, 6) is 0.698. The molecule has 0 bridgehead atoms. The summed E-state index contributed by atoms with van der Waals surface area (Å²) >= 11 is 1.62. The van der Waals surface area contributed by atoms with Gasteiger partial charge in [0.2, 0.25) is 12.3 Å². The Morgan fingerprint density at radius 3 is 2.91 bits per heavy atom. The number of carbonyl (C=O) groups is 2. The Morgan fingerprint density at radius 1 is 1.41 bits per heavy atom. The highest BCUT2D eigenvalue weighted by Gasteiger charge is 2.22. The maximum absolute atomic E-state index is 12.1. The van der Waals surface area contributed by atoms with E-state index in [4.69, 9.17) is 0 Å². The Kier molecular flexibility index (Phi) is 4.73. The predicted octanol–water partition coefficient (Wildman–Crippen LogP) is 0.980. The Morgan fingerprint density at radius 2 is 2.18 bits per heavy atom.